The van der Waals surface area contributed by atoms with Gasteiger partial charge in [0, 0.05) is 10.6 Å². The van der Waals surface area contributed by atoms with Gasteiger partial charge in [-0.15, -0.1) is 0 Å². The summed E-state index contributed by atoms with van der Waals surface area (Å²) in [6.07, 6.45) is 0. The normalized spacial score (nSPS) is 10.4. The molecule has 18 heavy (non-hydrogen) atoms. The lowest BCUT2D eigenvalue weighted by molar-refractivity contribution is 0.276. The maximum absolute atomic E-state index is 9.27. The number of halogens is 2. The molecule has 1 N–H and O–H groups in total. The first-order valence-corrected chi connectivity index (χ1v) is 6.60. The number of aryl methyl sites for hydroxylation is 1. The summed E-state index contributed by atoms with van der Waals surface area (Å²) >= 11 is 9.38. The average Bonchev–Trinajstić information content (AvgIpc) is 2.33. The smallest absolute Gasteiger partial charge is 0.141 e. The van der Waals surface area contributed by atoms with Crippen molar-refractivity contribution in [3.8, 4) is 11.5 Å². The van der Waals surface area contributed by atoms with Crippen LogP contribution < -0.4 is 4.74 Å². The van der Waals surface area contributed by atoms with Crippen molar-refractivity contribution >= 4 is 27.5 Å². The van der Waals surface area contributed by atoms with E-state index in [4.69, 9.17) is 16.3 Å². The van der Waals surface area contributed by atoms with Crippen LogP contribution in [0.3, 0.4) is 0 Å². The molecule has 0 saturated heterocycles. The molecule has 0 radical (unpaired) electrons. The van der Waals surface area contributed by atoms with Gasteiger partial charge in [-0.25, -0.2) is 0 Å². The molecule has 2 aromatic carbocycles. The summed E-state index contributed by atoms with van der Waals surface area (Å²) in [5, 5.41) is 9.84. The molecule has 0 amide bonds. The number of rotatable bonds is 3. The van der Waals surface area contributed by atoms with Gasteiger partial charge in [-0.2, -0.15) is 0 Å². The number of ether oxygens (including phenoxy) is 1. The molecule has 0 aliphatic rings. The van der Waals surface area contributed by atoms with E-state index in [1.54, 1.807) is 18.2 Å². The van der Waals surface area contributed by atoms with Crippen LogP contribution >= 0.6 is 27.5 Å². The van der Waals surface area contributed by atoms with E-state index in [0.29, 0.717) is 22.1 Å². The third kappa shape index (κ3) is 3.05. The molecule has 0 heterocycles. The van der Waals surface area contributed by atoms with Gasteiger partial charge in [-0.05, 0) is 52.7 Å². The van der Waals surface area contributed by atoms with E-state index in [0.717, 1.165) is 10.0 Å². The van der Waals surface area contributed by atoms with Gasteiger partial charge >= 0.3 is 0 Å². The first kappa shape index (κ1) is 13.4. The summed E-state index contributed by atoms with van der Waals surface area (Å²) in [6, 6.07) is 11.0. The molecule has 0 fully saturated rings. The predicted molar refractivity (Wildman–Crippen MR) is 76.3 cm³/mol. The second-order valence-electron chi connectivity index (χ2n) is 3.95. The Morgan fingerprint density at radius 1 is 1.17 bits per heavy atom. The maximum Gasteiger partial charge on any atom is 0.141 e. The first-order chi connectivity index (χ1) is 8.60. The molecule has 0 aromatic heterocycles. The van der Waals surface area contributed by atoms with Crippen LogP contribution in [0.5, 0.6) is 11.5 Å². The second-order valence-corrected chi connectivity index (χ2v) is 5.24. The number of hydrogen-bond donors (Lipinski definition) is 1. The molecule has 0 aliphatic carbocycles. The third-order valence-corrected chi connectivity index (χ3v) is 3.36. The molecular formula is C14H12BrClO2. The van der Waals surface area contributed by atoms with Crippen molar-refractivity contribution in [1.82, 2.24) is 0 Å². The van der Waals surface area contributed by atoms with E-state index < -0.39 is 0 Å². The lowest BCUT2D eigenvalue weighted by atomic mass is 10.2. The molecule has 2 aromatic rings. The van der Waals surface area contributed by atoms with Gasteiger partial charge in [0.1, 0.15) is 11.5 Å². The van der Waals surface area contributed by atoms with Crippen molar-refractivity contribution < 1.29 is 9.84 Å². The Bertz CT molecular complexity index is 570. The third-order valence-electron chi connectivity index (χ3n) is 2.51. The van der Waals surface area contributed by atoms with E-state index in [2.05, 4.69) is 15.9 Å². The molecule has 0 unspecified atom stereocenters. The minimum absolute atomic E-state index is 0.0873. The highest BCUT2D eigenvalue weighted by Gasteiger charge is 2.08. The first-order valence-electron chi connectivity index (χ1n) is 5.43. The minimum Gasteiger partial charge on any atom is -0.456 e. The molecule has 0 aliphatic heterocycles. The molecule has 2 nitrogen and oxygen atoms in total. The zero-order chi connectivity index (χ0) is 13.1. The van der Waals surface area contributed by atoms with Crippen LogP contribution in [0.4, 0.5) is 0 Å². The summed E-state index contributed by atoms with van der Waals surface area (Å²) < 4.78 is 6.64. The molecule has 0 bridgehead atoms. The zero-order valence-electron chi connectivity index (χ0n) is 9.78. The van der Waals surface area contributed by atoms with Crippen molar-refractivity contribution in [2.24, 2.45) is 0 Å². The minimum atomic E-state index is -0.0873. The molecule has 94 valence electrons. The summed E-state index contributed by atoms with van der Waals surface area (Å²) in [6.45, 7) is 1.92. The Morgan fingerprint density at radius 2 is 1.94 bits per heavy atom. The number of hydrogen-bond acceptors (Lipinski definition) is 2. The average molecular weight is 328 g/mol. The van der Waals surface area contributed by atoms with E-state index in [9.17, 15) is 5.11 Å². The topological polar surface area (TPSA) is 29.5 Å². The van der Waals surface area contributed by atoms with Gasteiger partial charge in [0.25, 0.3) is 0 Å². The fraction of sp³-hybridized carbons (Fsp3) is 0.143. The van der Waals surface area contributed by atoms with E-state index in [-0.39, 0.29) is 6.61 Å². The SMILES string of the molecule is Cc1ccc(Oc2cc(Cl)ccc2CO)c(Br)c1. The lowest BCUT2D eigenvalue weighted by Crippen LogP contribution is -1.92. The van der Waals surface area contributed by atoms with Crippen LogP contribution in [0.15, 0.2) is 40.9 Å². The van der Waals surface area contributed by atoms with E-state index >= 15 is 0 Å². The lowest BCUT2D eigenvalue weighted by Gasteiger charge is -2.12. The zero-order valence-corrected chi connectivity index (χ0v) is 12.1. The highest BCUT2D eigenvalue weighted by Crippen LogP contribution is 2.33. The predicted octanol–water partition coefficient (Wildman–Crippen LogP) is 4.70. The Hall–Kier alpha value is -1.03. The van der Waals surface area contributed by atoms with Crippen molar-refractivity contribution in [3.05, 3.63) is 57.0 Å². The van der Waals surface area contributed by atoms with Crippen molar-refractivity contribution in [2.45, 2.75) is 13.5 Å². The Morgan fingerprint density at radius 3 is 2.61 bits per heavy atom. The molecule has 0 saturated carbocycles. The van der Waals surface area contributed by atoms with Crippen LogP contribution in [0.2, 0.25) is 5.02 Å². The monoisotopic (exact) mass is 326 g/mol. The van der Waals surface area contributed by atoms with E-state index in [1.165, 1.54) is 0 Å². The van der Waals surface area contributed by atoms with Crippen LogP contribution in [-0.2, 0) is 6.61 Å². The van der Waals surface area contributed by atoms with Gasteiger partial charge < -0.3 is 9.84 Å². The van der Waals surface area contributed by atoms with Crippen molar-refractivity contribution in [3.63, 3.8) is 0 Å². The van der Waals surface area contributed by atoms with Gasteiger partial charge in [0.05, 0.1) is 11.1 Å². The number of benzene rings is 2. The van der Waals surface area contributed by atoms with E-state index in [1.807, 2.05) is 25.1 Å². The molecule has 4 heteroatoms. The molecule has 0 atom stereocenters. The standard InChI is InChI=1S/C14H12BrClO2/c1-9-2-5-13(12(15)6-9)18-14-7-11(16)4-3-10(14)8-17/h2-7,17H,8H2,1H3. The molecule has 0 spiro atoms. The van der Waals surface area contributed by atoms with Crippen LogP contribution in [0.25, 0.3) is 0 Å². The summed E-state index contributed by atoms with van der Waals surface area (Å²) in [5.41, 5.74) is 1.84. The van der Waals surface area contributed by atoms with Gasteiger partial charge in [-0.1, -0.05) is 23.7 Å². The molecule has 2 rings (SSSR count). The fourth-order valence-corrected chi connectivity index (χ4v) is 2.30. The number of aliphatic hydroxyl groups excluding tert-OH is 1. The van der Waals surface area contributed by atoms with Crippen LogP contribution in [0, 0.1) is 6.92 Å². The van der Waals surface area contributed by atoms with Crippen molar-refractivity contribution in [1.29, 1.82) is 0 Å². The number of aliphatic hydroxyl groups is 1. The summed E-state index contributed by atoms with van der Waals surface area (Å²) in [5.74, 6) is 1.26. The Labute approximate surface area is 119 Å². The van der Waals surface area contributed by atoms with Gasteiger partial charge in [-0.3, -0.25) is 0 Å². The van der Waals surface area contributed by atoms with Crippen LogP contribution in [-0.4, -0.2) is 5.11 Å². The highest BCUT2D eigenvalue weighted by atomic mass is 79.9. The van der Waals surface area contributed by atoms with Crippen LogP contribution in [0.1, 0.15) is 11.1 Å². The Balaban J connectivity index is 2.36. The Kier molecular flexibility index (Phi) is 4.27. The van der Waals surface area contributed by atoms with Crippen molar-refractivity contribution in [2.75, 3.05) is 0 Å². The van der Waals surface area contributed by atoms with Gasteiger partial charge in [0.2, 0.25) is 0 Å². The quantitative estimate of drug-likeness (QED) is 0.885. The largest absolute Gasteiger partial charge is 0.456 e. The fourth-order valence-electron chi connectivity index (χ4n) is 1.56. The second kappa shape index (κ2) is 5.74. The maximum atomic E-state index is 9.27. The van der Waals surface area contributed by atoms with Gasteiger partial charge in [0.15, 0.2) is 0 Å². The summed E-state index contributed by atoms with van der Waals surface area (Å²) in [7, 11) is 0. The summed E-state index contributed by atoms with van der Waals surface area (Å²) in [4.78, 5) is 0. The molecular weight excluding hydrogens is 316 g/mol. The highest BCUT2D eigenvalue weighted by molar-refractivity contribution is 9.10.